The average molecular weight is 438 g/mol. The normalized spacial score (nSPS) is 12.2. The number of ketones is 1. The summed E-state index contributed by atoms with van der Waals surface area (Å²) < 4.78 is 0. The third kappa shape index (κ3) is 8.47. The summed E-state index contributed by atoms with van der Waals surface area (Å²) in [6.07, 6.45) is 2.36. The third-order valence-corrected chi connectivity index (χ3v) is 4.62. The van der Waals surface area contributed by atoms with Gasteiger partial charge in [0, 0.05) is 38.2 Å². The summed E-state index contributed by atoms with van der Waals surface area (Å²) in [7, 11) is 0. The third-order valence-electron chi connectivity index (χ3n) is 4.62. The van der Waals surface area contributed by atoms with Crippen molar-refractivity contribution in [2.75, 3.05) is 0 Å². The zero-order chi connectivity index (χ0) is 23.3. The minimum absolute atomic E-state index is 0.0248. The number of amides is 3. The van der Waals surface area contributed by atoms with Crippen LogP contribution in [-0.4, -0.2) is 46.8 Å². The van der Waals surface area contributed by atoms with Gasteiger partial charge in [0.25, 0.3) is 0 Å². The number of carbonyl (C=O) groups excluding carboxylic acids is 4. The molecule has 2 aromatic rings. The smallest absolute Gasteiger partial charge is 0.243 e. The Morgan fingerprint density at radius 3 is 2.31 bits per heavy atom. The van der Waals surface area contributed by atoms with E-state index in [2.05, 4.69) is 20.9 Å². The van der Waals surface area contributed by atoms with Gasteiger partial charge in [0.1, 0.15) is 12.1 Å². The Bertz CT molecular complexity index is 934. The molecule has 0 aliphatic rings. The standard InChI is InChI=1S/C23H27N5O4/c1-16(29)27-21(13-18-9-5-6-12-25-18)23(32)28-20(11-10-19(30)14-24)22(31)26-15-17-7-3-2-4-8-17/h2-9,12,14,20-21,24H,10-11,13,15H2,1H3,(H,26,31)(H,27,29)(H,28,32)/t20-,21-/m0/s1. The number of nitrogens with zero attached hydrogens (tertiary/aromatic N) is 1. The number of aromatic nitrogens is 1. The Morgan fingerprint density at radius 1 is 0.969 bits per heavy atom. The van der Waals surface area contributed by atoms with Crippen LogP contribution in [0.15, 0.2) is 54.7 Å². The number of hydrogen-bond donors (Lipinski definition) is 4. The minimum Gasteiger partial charge on any atom is -0.350 e. The van der Waals surface area contributed by atoms with Crippen molar-refractivity contribution in [2.24, 2.45) is 0 Å². The van der Waals surface area contributed by atoms with Crippen LogP contribution >= 0.6 is 0 Å². The topological polar surface area (TPSA) is 141 Å². The molecule has 0 saturated heterocycles. The lowest BCUT2D eigenvalue weighted by Crippen LogP contribution is -2.54. The number of benzene rings is 1. The van der Waals surface area contributed by atoms with E-state index in [4.69, 9.17) is 5.41 Å². The van der Waals surface area contributed by atoms with Gasteiger partial charge >= 0.3 is 0 Å². The van der Waals surface area contributed by atoms with Crippen LogP contribution in [0.4, 0.5) is 0 Å². The van der Waals surface area contributed by atoms with E-state index in [0.717, 1.165) is 5.56 Å². The van der Waals surface area contributed by atoms with Crippen molar-refractivity contribution in [1.29, 1.82) is 5.41 Å². The van der Waals surface area contributed by atoms with Gasteiger partial charge in [-0.2, -0.15) is 0 Å². The zero-order valence-corrected chi connectivity index (χ0v) is 17.8. The fourth-order valence-electron chi connectivity index (χ4n) is 2.99. The Kier molecular flexibility index (Phi) is 9.70. The van der Waals surface area contributed by atoms with E-state index in [1.54, 1.807) is 24.4 Å². The molecular weight excluding hydrogens is 410 g/mol. The quantitative estimate of drug-likeness (QED) is 0.366. The number of pyridine rings is 1. The Labute approximate surface area is 186 Å². The second kappa shape index (κ2) is 12.7. The fraction of sp³-hybridized carbons (Fsp3) is 0.304. The molecule has 0 spiro atoms. The van der Waals surface area contributed by atoms with Crippen molar-refractivity contribution in [3.8, 4) is 0 Å². The van der Waals surface area contributed by atoms with E-state index >= 15 is 0 Å². The van der Waals surface area contributed by atoms with Gasteiger partial charge < -0.3 is 21.4 Å². The highest BCUT2D eigenvalue weighted by molar-refractivity contribution is 6.26. The molecule has 9 nitrogen and oxygen atoms in total. The predicted molar refractivity (Wildman–Crippen MR) is 119 cm³/mol. The summed E-state index contributed by atoms with van der Waals surface area (Å²) in [6, 6.07) is 12.6. The molecular formula is C23H27N5O4. The lowest BCUT2D eigenvalue weighted by atomic mass is 10.1. The molecule has 0 fully saturated rings. The molecule has 168 valence electrons. The Morgan fingerprint density at radius 2 is 1.69 bits per heavy atom. The predicted octanol–water partition coefficient (Wildman–Crippen LogP) is 0.929. The van der Waals surface area contributed by atoms with Gasteiger partial charge in [-0.25, -0.2) is 0 Å². The molecule has 9 heteroatoms. The van der Waals surface area contributed by atoms with Crippen LogP contribution in [0.5, 0.6) is 0 Å². The zero-order valence-electron chi connectivity index (χ0n) is 17.8. The van der Waals surface area contributed by atoms with Crippen LogP contribution in [0, 0.1) is 5.41 Å². The highest BCUT2D eigenvalue weighted by Crippen LogP contribution is 2.05. The molecule has 0 radical (unpaired) electrons. The van der Waals surface area contributed by atoms with Gasteiger partial charge in [-0.3, -0.25) is 24.2 Å². The number of rotatable bonds is 12. The first-order valence-corrected chi connectivity index (χ1v) is 10.2. The van der Waals surface area contributed by atoms with Gasteiger partial charge in [0.15, 0.2) is 5.78 Å². The van der Waals surface area contributed by atoms with Crippen molar-refractivity contribution in [3.63, 3.8) is 0 Å². The van der Waals surface area contributed by atoms with Crippen LogP contribution in [0.2, 0.25) is 0 Å². The highest BCUT2D eigenvalue weighted by Gasteiger charge is 2.27. The SMILES string of the molecule is CC(=O)N[C@@H](Cc1ccccn1)C(=O)N[C@@H](CCC(=O)C=N)C(=O)NCc1ccccc1. The van der Waals surface area contributed by atoms with Crippen LogP contribution in [0.25, 0.3) is 0 Å². The fourth-order valence-corrected chi connectivity index (χ4v) is 2.99. The minimum atomic E-state index is -1.00. The van der Waals surface area contributed by atoms with Crippen LogP contribution in [0.3, 0.4) is 0 Å². The van der Waals surface area contributed by atoms with E-state index < -0.39 is 35.6 Å². The van der Waals surface area contributed by atoms with Crippen molar-refractivity contribution in [1.82, 2.24) is 20.9 Å². The molecule has 0 unspecified atom stereocenters. The molecule has 2 atom stereocenters. The summed E-state index contributed by atoms with van der Waals surface area (Å²) in [4.78, 5) is 53.1. The van der Waals surface area contributed by atoms with Gasteiger partial charge in [-0.1, -0.05) is 36.4 Å². The first-order valence-electron chi connectivity index (χ1n) is 10.2. The van der Waals surface area contributed by atoms with Crippen molar-refractivity contribution in [2.45, 2.75) is 44.8 Å². The van der Waals surface area contributed by atoms with Crippen molar-refractivity contribution < 1.29 is 19.2 Å². The first kappa shape index (κ1) is 24.4. The van der Waals surface area contributed by atoms with Gasteiger partial charge in [-0.15, -0.1) is 0 Å². The second-order valence-corrected chi connectivity index (χ2v) is 7.19. The van der Waals surface area contributed by atoms with E-state index in [1.165, 1.54) is 6.92 Å². The number of carbonyl (C=O) groups is 4. The molecule has 32 heavy (non-hydrogen) atoms. The molecule has 1 aromatic carbocycles. The molecule has 0 aliphatic carbocycles. The van der Waals surface area contributed by atoms with E-state index in [-0.39, 0.29) is 25.8 Å². The maximum atomic E-state index is 12.9. The van der Waals surface area contributed by atoms with E-state index in [1.807, 2.05) is 30.3 Å². The number of nitrogens with one attached hydrogen (secondary N) is 4. The van der Waals surface area contributed by atoms with Crippen molar-refractivity contribution >= 4 is 29.7 Å². The summed E-state index contributed by atoms with van der Waals surface area (Å²) in [5, 5.41) is 15.0. The summed E-state index contributed by atoms with van der Waals surface area (Å²) in [6.45, 7) is 1.55. The van der Waals surface area contributed by atoms with Crippen LogP contribution in [0.1, 0.15) is 31.0 Å². The monoisotopic (exact) mass is 437 g/mol. The lowest BCUT2D eigenvalue weighted by Gasteiger charge is -2.22. The summed E-state index contributed by atoms with van der Waals surface area (Å²) in [5.74, 6) is -1.87. The molecule has 0 saturated carbocycles. The van der Waals surface area contributed by atoms with Crippen molar-refractivity contribution in [3.05, 3.63) is 66.0 Å². The molecule has 0 aliphatic heterocycles. The number of Topliss-reactive ketones (excluding diaryl/α,β-unsaturated/α-hetero) is 1. The highest BCUT2D eigenvalue weighted by atomic mass is 16.2. The largest absolute Gasteiger partial charge is 0.350 e. The second-order valence-electron chi connectivity index (χ2n) is 7.19. The number of hydrogen-bond acceptors (Lipinski definition) is 6. The van der Waals surface area contributed by atoms with Gasteiger partial charge in [0.05, 0.1) is 6.21 Å². The lowest BCUT2D eigenvalue weighted by molar-refractivity contribution is -0.132. The van der Waals surface area contributed by atoms with E-state index in [0.29, 0.717) is 11.9 Å². The van der Waals surface area contributed by atoms with Gasteiger partial charge in [0.2, 0.25) is 17.7 Å². The molecule has 1 aromatic heterocycles. The first-order chi connectivity index (χ1) is 15.4. The molecule has 3 amide bonds. The maximum absolute atomic E-state index is 12.9. The maximum Gasteiger partial charge on any atom is 0.243 e. The average Bonchev–Trinajstić information content (AvgIpc) is 2.80. The molecule has 4 N–H and O–H groups in total. The Hall–Kier alpha value is -3.88. The van der Waals surface area contributed by atoms with Crippen LogP contribution < -0.4 is 16.0 Å². The molecule has 0 bridgehead atoms. The molecule has 1 heterocycles. The van der Waals surface area contributed by atoms with Crippen LogP contribution in [-0.2, 0) is 32.1 Å². The summed E-state index contributed by atoms with van der Waals surface area (Å²) >= 11 is 0. The van der Waals surface area contributed by atoms with Gasteiger partial charge in [-0.05, 0) is 24.1 Å². The Balaban J connectivity index is 2.10. The molecule has 2 rings (SSSR count). The summed E-state index contributed by atoms with van der Waals surface area (Å²) in [5.41, 5.74) is 1.48. The van der Waals surface area contributed by atoms with E-state index in [9.17, 15) is 19.2 Å².